The van der Waals surface area contributed by atoms with Crippen LogP contribution in [-0.4, -0.2) is 31.3 Å². The van der Waals surface area contributed by atoms with Gasteiger partial charge in [-0.2, -0.15) is 0 Å². The maximum absolute atomic E-state index is 12.6. The van der Waals surface area contributed by atoms with E-state index in [2.05, 4.69) is 5.32 Å². The zero-order valence-corrected chi connectivity index (χ0v) is 14.9. The molecule has 0 bridgehead atoms. The molecule has 0 spiro atoms. The topological polar surface area (TPSA) is 77.1 Å². The summed E-state index contributed by atoms with van der Waals surface area (Å²) in [5.41, 5.74) is 1.51. The molecule has 0 aliphatic carbocycles. The first kappa shape index (κ1) is 17.2. The molecule has 27 heavy (non-hydrogen) atoms. The Bertz CT molecular complexity index is 882. The summed E-state index contributed by atoms with van der Waals surface area (Å²) in [4.78, 5) is 26.6. The van der Waals surface area contributed by atoms with Crippen LogP contribution in [0.15, 0.2) is 42.5 Å². The van der Waals surface area contributed by atoms with E-state index in [0.29, 0.717) is 35.9 Å². The number of nitrogens with zero attached hydrogens (tertiary/aromatic N) is 1. The Morgan fingerprint density at radius 1 is 1.15 bits per heavy atom. The minimum atomic E-state index is -0.568. The second kappa shape index (κ2) is 7.19. The fourth-order valence-corrected chi connectivity index (χ4v) is 3.15. The molecule has 0 radical (unpaired) electrons. The number of fused-ring (bicyclic) bond motifs is 2. The van der Waals surface area contributed by atoms with Crippen molar-refractivity contribution in [3.63, 3.8) is 0 Å². The van der Waals surface area contributed by atoms with E-state index in [1.54, 1.807) is 6.07 Å². The molecule has 0 aromatic heterocycles. The molecule has 1 N–H and O–H groups in total. The van der Waals surface area contributed by atoms with Crippen molar-refractivity contribution in [3.8, 4) is 17.2 Å². The Morgan fingerprint density at radius 3 is 2.81 bits per heavy atom. The van der Waals surface area contributed by atoms with Gasteiger partial charge in [0, 0.05) is 6.54 Å². The fraction of sp³-hybridized carbons (Fsp3) is 0.300. The minimum Gasteiger partial charge on any atom is -0.478 e. The first-order valence-corrected chi connectivity index (χ1v) is 8.88. The Balaban J connectivity index is 1.43. The van der Waals surface area contributed by atoms with Crippen molar-refractivity contribution in [2.45, 2.75) is 26.0 Å². The summed E-state index contributed by atoms with van der Waals surface area (Å²) in [5.74, 6) is 1.55. The summed E-state index contributed by atoms with van der Waals surface area (Å²) >= 11 is 0. The normalized spacial score (nSPS) is 17.3. The van der Waals surface area contributed by atoms with E-state index in [-0.39, 0.29) is 25.2 Å². The summed E-state index contributed by atoms with van der Waals surface area (Å²) in [5, 5.41) is 2.85. The monoisotopic (exact) mass is 368 g/mol. The molecule has 2 aliphatic rings. The third-order valence-electron chi connectivity index (χ3n) is 4.57. The molecule has 2 aromatic carbocycles. The van der Waals surface area contributed by atoms with Gasteiger partial charge in [0.15, 0.2) is 17.6 Å². The molecule has 2 aromatic rings. The fourth-order valence-electron chi connectivity index (χ4n) is 3.15. The average Bonchev–Trinajstić information content (AvgIpc) is 3.16. The SMILES string of the molecule is CC[C@@H]1Oc2ccccc2N(CC(=O)NCc2ccc3c(c2)OCO3)C1=O. The van der Waals surface area contributed by atoms with E-state index in [4.69, 9.17) is 14.2 Å². The molecule has 7 heteroatoms. The summed E-state index contributed by atoms with van der Waals surface area (Å²) < 4.78 is 16.4. The number of anilines is 1. The lowest BCUT2D eigenvalue weighted by Crippen LogP contribution is -2.49. The van der Waals surface area contributed by atoms with Crippen LogP contribution in [0.3, 0.4) is 0 Å². The van der Waals surface area contributed by atoms with Gasteiger partial charge < -0.3 is 19.5 Å². The largest absolute Gasteiger partial charge is 0.478 e. The van der Waals surface area contributed by atoms with Crippen LogP contribution in [0.2, 0.25) is 0 Å². The van der Waals surface area contributed by atoms with Gasteiger partial charge in [-0.1, -0.05) is 25.1 Å². The van der Waals surface area contributed by atoms with Crippen molar-refractivity contribution in [1.82, 2.24) is 5.32 Å². The standard InChI is InChI=1S/C20H20N2O5/c1-2-15-20(24)22(14-5-3-4-6-16(14)27-15)11-19(23)21-10-13-7-8-17-18(9-13)26-12-25-17/h3-9,15H,2,10-12H2,1H3,(H,21,23)/t15-/m0/s1. The van der Waals surface area contributed by atoms with Crippen LogP contribution < -0.4 is 24.4 Å². The minimum absolute atomic E-state index is 0.0553. The van der Waals surface area contributed by atoms with Gasteiger partial charge in [0.1, 0.15) is 12.3 Å². The molecule has 7 nitrogen and oxygen atoms in total. The molecule has 0 fully saturated rings. The molecule has 0 saturated carbocycles. The van der Waals surface area contributed by atoms with Gasteiger partial charge in [0.25, 0.3) is 5.91 Å². The van der Waals surface area contributed by atoms with Gasteiger partial charge >= 0.3 is 0 Å². The van der Waals surface area contributed by atoms with Crippen molar-refractivity contribution in [1.29, 1.82) is 0 Å². The first-order valence-electron chi connectivity index (χ1n) is 8.88. The Labute approximate surface area is 156 Å². The third-order valence-corrected chi connectivity index (χ3v) is 4.57. The van der Waals surface area contributed by atoms with E-state index in [0.717, 1.165) is 5.56 Å². The molecule has 0 saturated heterocycles. The van der Waals surface area contributed by atoms with Crippen molar-refractivity contribution >= 4 is 17.5 Å². The van der Waals surface area contributed by atoms with Crippen LogP contribution in [0.25, 0.3) is 0 Å². The highest BCUT2D eigenvalue weighted by molar-refractivity contribution is 6.03. The number of para-hydroxylation sites is 2. The van der Waals surface area contributed by atoms with Gasteiger partial charge in [0.2, 0.25) is 12.7 Å². The second-order valence-electron chi connectivity index (χ2n) is 6.37. The predicted molar refractivity (Wildman–Crippen MR) is 97.9 cm³/mol. The lowest BCUT2D eigenvalue weighted by Gasteiger charge is -2.33. The molecule has 0 unspecified atom stereocenters. The lowest BCUT2D eigenvalue weighted by molar-refractivity contribution is -0.129. The van der Waals surface area contributed by atoms with E-state index >= 15 is 0 Å². The quantitative estimate of drug-likeness (QED) is 0.876. The number of hydrogen-bond acceptors (Lipinski definition) is 5. The number of nitrogens with one attached hydrogen (secondary N) is 1. The number of benzene rings is 2. The Morgan fingerprint density at radius 2 is 1.96 bits per heavy atom. The van der Waals surface area contributed by atoms with Crippen LogP contribution in [0.1, 0.15) is 18.9 Å². The molecule has 140 valence electrons. The molecule has 1 atom stereocenters. The molecule has 2 heterocycles. The number of carbonyl (C=O) groups excluding carboxylic acids is 2. The molecule has 2 amide bonds. The van der Waals surface area contributed by atoms with Crippen LogP contribution >= 0.6 is 0 Å². The average molecular weight is 368 g/mol. The maximum Gasteiger partial charge on any atom is 0.268 e. The van der Waals surface area contributed by atoms with E-state index < -0.39 is 6.10 Å². The zero-order chi connectivity index (χ0) is 18.8. The summed E-state index contributed by atoms with van der Waals surface area (Å²) in [7, 11) is 0. The highest BCUT2D eigenvalue weighted by Crippen LogP contribution is 2.34. The Hall–Kier alpha value is -3.22. The van der Waals surface area contributed by atoms with Crippen LogP contribution in [0.4, 0.5) is 5.69 Å². The first-order chi connectivity index (χ1) is 13.2. The van der Waals surface area contributed by atoms with Gasteiger partial charge in [-0.15, -0.1) is 0 Å². The van der Waals surface area contributed by atoms with E-state index in [1.807, 2.05) is 43.3 Å². The smallest absolute Gasteiger partial charge is 0.268 e. The van der Waals surface area contributed by atoms with E-state index in [9.17, 15) is 9.59 Å². The van der Waals surface area contributed by atoms with Crippen molar-refractivity contribution < 1.29 is 23.8 Å². The molecular formula is C20H20N2O5. The number of carbonyl (C=O) groups is 2. The highest BCUT2D eigenvalue weighted by atomic mass is 16.7. The Kier molecular flexibility index (Phi) is 4.58. The molecule has 4 rings (SSSR count). The van der Waals surface area contributed by atoms with Gasteiger partial charge in [-0.3, -0.25) is 14.5 Å². The third kappa shape index (κ3) is 3.40. The van der Waals surface area contributed by atoms with Gasteiger partial charge in [-0.05, 0) is 36.2 Å². The highest BCUT2D eigenvalue weighted by Gasteiger charge is 2.34. The lowest BCUT2D eigenvalue weighted by atomic mass is 10.1. The van der Waals surface area contributed by atoms with E-state index in [1.165, 1.54) is 4.90 Å². The van der Waals surface area contributed by atoms with Crippen molar-refractivity contribution in [2.75, 3.05) is 18.2 Å². The van der Waals surface area contributed by atoms with Crippen LogP contribution in [-0.2, 0) is 16.1 Å². The maximum atomic E-state index is 12.6. The number of rotatable bonds is 5. The molecule has 2 aliphatic heterocycles. The van der Waals surface area contributed by atoms with Crippen LogP contribution in [0.5, 0.6) is 17.2 Å². The summed E-state index contributed by atoms with van der Waals surface area (Å²) in [6.07, 6.45) is -0.0239. The van der Waals surface area contributed by atoms with Crippen LogP contribution in [0, 0.1) is 0 Å². The number of hydrogen-bond donors (Lipinski definition) is 1. The second-order valence-corrected chi connectivity index (χ2v) is 6.37. The summed E-state index contributed by atoms with van der Waals surface area (Å²) in [6.45, 7) is 2.38. The van der Waals surface area contributed by atoms with Crippen molar-refractivity contribution in [2.24, 2.45) is 0 Å². The van der Waals surface area contributed by atoms with Crippen molar-refractivity contribution in [3.05, 3.63) is 48.0 Å². The van der Waals surface area contributed by atoms with Gasteiger partial charge in [0.05, 0.1) is 5.69 Å². The predicted octanol–water partition coefficient (Wildman–Crippen LogP) is 2.24. The summed E-state index contributed by atoms with van der Waals surface area (Å²) in [6, 6.07) is 12.8. The number of amides is 2. The zero-order valence-electron chi connectivity index (χ0n) is 14.9. The van der Waals surface area contributed by atoms with Gasteiger partial charge in [-0.25, -0.2) is 0 Å². The molecular weight excluding hydrogens is 348 g/mol. The number of ether oxygens (including phenoxy) is 3.